The molecule has 12 rings (SSSR count). The van der Waals surface area contributed by atoms with Gasteiger partial charge in [-0.1, -0.05) is 87.5 Å². The number of quaternary nitrogens is 1. The van der Waals surface area contributed by atoms with Crippen molar-refractivity contribution in [1.29, 1.82) is 0 Å². The zero-order valence-corrected chi connectivity index (χ0v) is 38.7. The van der Waals surface area contributed by atoms with Gasteiger partial charge in [-0.15, -0.1) is 0 Å². The van der Waals surface area contributed by atoms with Crippen LogP contribution in [0.4, 0.5) is 0 Å². The lowest BCUT2D eigenvalue weighted by molar-refractivity contribution is -0.888. The number of allylic oxidation sites excluding steroid dienone is 2. The van der Waals surface area contributed by atoms with Gasteiger partial charge in [0.05, 0.1) is 29.4 Å². The number of nitrogens with zero attached hydrogens (tertiary/aromatic N) is 1. The van der Waals surface area contributed by atoms with Gasteiger partial charge in [-0.3, -0.25) is 20.0 Å². The number of phenols is 1. The maximum Gasteiger partial charge on any atom is 0.252 e. The van der Waals surface area contributed by atoms with Gasteiger partial charge in [0.1, 0.15) is 48.1 Å². The molecule has 11 heteroatoms. The minimum absolute atomic E-state index is 0.00294. The van der Waals surface area contributed by atoms with Crippen molar-refractivity contribution in [1.82, 2.24) is 5.32 Å². The Balaban J connectivity index is 0.955. The summed E-state index contributed by atoms with van der Waals surface area (Å²) < 4.78 is 13.5. The fraction of sp³-hybridized carbons (Fsp3) is 0.571. The lowest BCUT2D eigenvalue weighted by Gasteiger charge is -2.62. The molecule has 11 atom stereocenters. The molecule has 2 aromatic rings. The molecule has 3 spiro atoms. The fourth-order valence-electron chi connectivity index (χ4n) is 15.5. The number of Topliss-reactive ketones (excluding diaryl/α,β-unsaturated/α-hetero) is 1. The van der Waals surface area contributed by atoms with E-state index in [1.54, 1.807) is 6.07 Å². The number of benzene rings is 2. The number of nitrogens with one attached hydrogen (secondary N) is 2. The molecule has 0 aromatic heterocycles. The molecular weight excluding hydrogens is 841 g/mol. The number of aliphatic hydroxyl groups excluding tert-OH is 3. The van der Waals surface area contributed by atoms with Gasteiger partial charge in [-0.05, 0) is 108 Å². The third-order valence-corrected chi connectivity index (χ3v) is 18.6. The number of aliphatic hydroxyl groups is 3. The van der Waals surface area contributed by atoms with Gasteiger partial charge in [-0.25, -0.2) is 0 Å². The second-order valence-electron chi connectivity index (χ2n) is 22.0. The molecule has 8 N–H and O–H groups in total. The van der Waals surface area contributed by atoms with Crippen LogP contribution in [-0.2, 0) is 11.2 Å². The van der Waals surface area contributed by atoms with Crippen molar-refractivity contribution in [2.45, 2.75) is 152 Å². The first-order valence-electron chi connectivity index (χ1n) is 25.5. The number of rotatable bonds is 6. The predicted octanol–water partition coefficient (Wildman–Crippen LogP) is 6.19. The van der Waals surface area contributed by atoms with E-state index in [1.807, 2.05) is 19.1 Å². The largest absolute Gasteiger partial charge is 0.508 e. The number of phenolic OH excluding ortho intramolecular Hbond substituents is 1. The molecule has 11 nitrogen and oxygen atoms in total. The third-order valence-electron chi connectivity index (χ3n) is 18.6. The van der Waals surface area contributed by atoms with E-state index in [-0.39, 0.29) is 65.4 Å². The summed E-state index contributed by atoms with van der Waals surface area (Å²) in [7, 11) is 0. The summed E-state index contributed by atoms with van der Waals surface area (Å²) in [6.45, 7) is 3.45. The number of aromatic hydroxyl groups is 1. The number of fused-ring (bicyclic) bond motifs is 9. The molecule has 5 aliphatic carbocycles. The van der Waals surface area contributed by atoms with Crippen molar-refractivity contribution < 1.29 is 39.6 Å². The zero-order chi connectivity index (χ0) is 45.8. The highest BCUT2D eigenvalue weighted by atomic mass is 16.5. The van der Waals surface area contributed by atoms with Crippen molar-refractivity contribution in [2.75, 3.05) is 13.1 Å². The lowest BCUT2D eigenvalue weighted by Crippen LogP contribution is -3.13. The summed E-state index contributed by atoms with van der Waals surface area (Å²) in [5, 5.41) is 49.5. The van der Waals surface area contributed by atoms with E-state index in [1.165, 1.54) is 66.9 Å². The SMILES string of the molecule is C[C@H]1C=C[C@@H]([C@@H](O)CC(=O)CCc2cc3c(cc2O)OC#CC2(CCCC2)[C@@H]2C#C[C@@H](O)c4ccc5c6c4[C@@H](C4=CN=C7C[NH+](C=C47)[C@@H]2O3)C2(CCCC2)C2(CCCC2)[C@H]6CN[C@H]5N)[C@@H](O)C1. The number of carbonyl (C=O) groups excluding carboxylic acids is 1. The normalized spacial score (nSPS) is 34.4. The average Bonchev–Trinajstić information content (AvgIpc) is 4.17. The maximum atomic E-state index is 13.4. The number of ketones is 1. The first kappa shape index (κ1) is 43.6. The molecule has 0 amide bonds. The number of aliphatic imine (C=N–C) groups is 1. The van der Waals surface area contributed by atoms with Gasteiger partial charge in [-0.2, -0.15) is 0 Å². The number of nitrogens with two attached hydrogens (primary N) is 1. The molecule has 3 saturated carbocycles. The standard InChI is InChI=1S/C56H64N4O7/c1-32-8-11-35(45(64)24-32)46(65)26-34(61)10-9-33-25-48-47(27-44(33)63)66-23-22-54(16-2-3-17-54)40-14-15-43(62)36-12-13-37-49-41(29-59-52(37)57)55(18-4-5-19-55)56(20-6-7-21-56)51(50(36)49)38-28-58-42-31-60(30-39(38)42)53(40)67-48/h8,11-13,25,27-28,30,32,35,40-41,43,45-46,51-53,59,62-65H,2-7,9-10,16-21,24,26,29,31,57H2,1H3/p+1/t32-,35+,40+,41-,43+,45-,46-,51+,52+,53+/m0/s1. The quantitative estimate of drug-likeness (QED) is 0.132. The molecule has 5 heterocycles. The fourth-order valence-corrected chi connectivity index (χ4v) is 15.5. The maximum absolute atomic E-state index is 13.4. The number of hydrogen-bond donors (Lipinski definition) is 7. The van der Waals surface area contributed by atoms with Crippen molar-refractivity contribution in [3.05, 3.63) is 87.8 Å². The van der Waals surface area contributed by atoms with E-state index in [9.17, 15) is 25.2 Å². The van der Waals surface area contributed by atoms with E-state index >= 15 is 0 Å². The van der Waals surface area contributed by atoms with Gasteiger partial charge in [0.25, 0.3) is 6.23 Å². The first-order chi connectivity index (χ1) is 32.5. The summed E-state index contributed by atoms with van der Waals surface area (Å²) in [4.78, 5) is 19.7. The van der Waals surface area contributed by atoms with Crippen LogP contribution in [0.2, 0.25) is 0 Å². The minimum Gasteiger partial charge on any atom is -0.508 e. The first-order valence-corrected chi connectivity index (χ1v) is 25.5. The van der Waals surface area contributed by atoms with Gasteiger partial charge in [0.2, 0.25) is 0 Å². The Morgan fingerprint density at radius 1 is 0.970 bits per heavy atom. The van der Waals surface area contributed by atoms with Crippen LogP contribution in [0.1, 0.15) is 155 Å². The van der Waals surface area contributed by atoms with Crippen LogP contribution < -0.4 is 25.4 Å². The second kappa shape index (κ2) is 16.5. The van der Waals surface area contributed by atoms with Gasteiger partial charge in [0, 0.05) is 49.4 Å². The Labute approximate surface area is 394 Å². The van der Waals surface area contributed by atoms with Crippen molar-refractivity contribution in [3.8, 4) is 41.1 Å². The molecule has 2 aromatic carbocycles. The molecule has 67 heavy (non-hydrogen) atoms. The molecule has 10 aliphatic rings. The van der Waals surface area contributed by atoms with E-state index in [0.29, 0.717) is 30.2 Å². The van der Waals surface area contributed by atoms with Crippen LogP contribution in [0.3, 0.4) is 0 Å². The van der Waals surface area contributed by atoms with Crippen molar-refractivity contribution >= 4 is 11.5 Å². The molecule has 5 aliphatic heterocycles. The molecule has 350 valence electrons. The minimum atomic E-state index is -1.06. The average molecular weight is 906 g/mol. The summed E-state index contributed by atoms with van der Waals surface area (Å²) >= 11 is 0. The Hall–Kier alpha value is -4.72. The zero-order valence-electron chi connectivity index (χ0n) is 38.7. The smallest absolute Gasteiger partial charge is 0.252 e. The van der Waals surface area contributed by atoms with E-state index < -0.39 is 41.8 Å². The van der Waals surface area contributed by atoms with Crippen LogP contribution in [0.15, 0.2) is 65.0 Å². The monoisotopic (exact) mass is 905 g/mol. The highest BCUT2D eigenvalue weighted by molar-refractivity contribution is 6.08. The van der Waals surface area contributed by atoms with Crippen molar-refractivity contribution in [3.63, 3.8) is 0 Å². The van der Waals surface area contributed by atoms with Crippen LogP contribution >= 0.6 is 0 Å². The van der Waals surface area contributed by atoms with Gasteiger partial charge < -0.3 is 35.6 Å². The van der Waals surface area contributed by atoms with Gasteiger partial charge >= 0.3 is 0 Å². The topological polar surface area (TPSA) is 171 Å². The van der Waals surface area contributed by atoms with Crippen molar-refractivity contribution in [2.24, 2.45) is 44.7 Å². The Kier molecular flexibility index (Phi) is 10.7. The van der Waals surface area contributed by atoms with E-state index in [2.05, 4.69) is 53.7 Å². The Bertz CT molecular complexity index is 2640. The number of carbonyl (C=O) groups is 1. The summed E-state index contributed by atoms with van der Waals surface area (Å²) in [5.74, 6) is 10.9. The van der Waals surface area contributed by atoms with Crippen LogP contribution in [0.5, 0.6) is 17.2 Å². The highest BCUT2D eigenvalue weighted by Gasteiger charge is 2.67. The summed E-state index contributed by atoms with van der Waals surface area (Å²) in [6.07, 6.45) is 21.6. The molecular formula is C56H65N4O7+. The predicted molar refractivity (Wildman–Crippen MR) is 253 cm³/mol. The number of ether oxygens (including phenoxy) is 2. The van der Waals surface area contributed by atoms with Crippen LogP contribution in [0.25, 0.3) is 0 Å². The van der Waals surface area contributed by atoms with Gasteiger partial charge in [0.15, 0.2) is 11.5 Å². The van der Waals surface area contributed by atoms with Crippen LogP contribution in [-0.4, -0.2) is 63.4 Å². The number of aryl methyl sites for hydroxylation is 1. The highest BCUT2D eigenvalue weighted by Crippen LogP contribution is 2.75. The number of hydrogen-bond acceptors (Lipinski definition) is 10. The molecule has 2 bridgehead atoms. The summed E-state index contributed by atoms with van der Waals surface area (Å²) in [6, 6.07) is 7.58. The van der Waals surface area contributed by atoms with Crippen LogP contribution in [0, 0.1) is 57.9 Å². The Morgan fingerprint density at radius 3 is 2.49 bits per heavy atom. The second-order valence-corrected chi connectivity index (χ2v) is 22.0. The lowest BCUT2D eigenvalue weighted by atomic mass is 9.42. The molecule has 1 unspecified atom stereocenters. The summed E-state index contributed by atoms with van der Waals surface area (Å²) in [5.41, 5.74) is 15.1. The third kappa shape index (κ3) is 6.78. The van der Waals surface area contributed by atoms with E-state index in [4.69, 9.17) is 20.2 Å². The molecule has 0 radical (unpaired) electrons. The molecule has 3 fully saturated rings. The van der Waals surface area contributed by atoms with E-state index in [0.717, 1.165) is 66.8 Å². The Morgan fingerprint density at radius 2 is 1.72 bits per heavy atom. The molecule has 0 saturated heterocycles.